The summed E-state index contributed by atoms with van der Waals surface area (Å²) in [6.07, 6.45) is 4.93. The van der Waals surface area contributed by atoms with Crippen LogP contribution < -0.4 is 0 Å². The van der Waals surface area contributed by atoms with Gasteiger partial charge in [-0.3, -0.25) is 0 Å². The van der Waals surface area contributed by atoms with Gasteiger partial charge in [0, 0.05) is 30.2 Å². The smallest absolute Gasteiger partial charge is 0.302 e. The van der Waals surface area contributed by atoms with Crippen molar-refractivity contribution >= 4 is 26.5 Å². The Labute approximate surface area is 165 Å². The van der Waals surface area contributed by atoms with Crippen LogP contribution in [0.4, 0.5) is 13.2 Å². The number of likely N-dealkylation sites (N-methyl/N-ethyl adjacent to an activating group) is 1. The number of hydrogen-bond donors (Lipinski definition) is 0. The van der Waals surface area contributed by atoms with Crippen LogP contribution in [0.25, 0.3) is 16.5 Å². The average Bonchev–Trinajstić information content (AvgIpc) is 3.24. The molecule has 0 spiro atoms. The zero-order valence-electron chi connectivity index (χ0n) is 15.8. The number of aromatic nitrogens is 3. The van der Waals surface area contributed by atoms with E-state index in [2.05, 4.69) is 10.00 Å². The van der Waals surface area contributed by atoms with E-state index in [1.165, 1.54) is 31.3 Å². The summed E-state index contributed by atoms with van der Waals surface area (Å²) in [6, 6.07) is 3.86. The summed E-state index contributed by atoms with van der Waals surface area (Å²) in [7, 11) is -2.23. The molecule has 0 fully saturated rings. The van der Waals surface area contributed by atoms with E-state index >= 15 is 0 Å². The van der Waals surface area contributed by atoms with E-state index < -0.39 is 22.4 Å². The van der Waals surface area contributed by atoms with Crippen molar-refractivity contribution in [2.24, 2.45) is 0 Å². The van der Waals surface area contributed by atoms with Gasteiger partial charge in [0.2, 0.25) is 0 Å². The largest absolute Gasteiger partial charge is 0.333 e. The number of fused-ring (bicyclic) bond motifs is 1. The number of benzene rings is 1. The second kappa shape index (κ2) is 7.03. The van der Waals surface area contributed by atoms with Crippen LogP contribution in [0.15, 0.2) is 41.6 Å². The minimum Gasteiger partial charge on any atom is -0.302 e. The molecule has 29 heavy (non-hydrogen) atoms. The zero-order valence-corrected chi connectivity index (χ0v) is 16.6. The van der Waals surface area contributed by atoms with Crippen LogP contribution in [-0.4, -0.2) is 47.2 Å². The second-order valence-electron chi connectivity index (χ2n) is 7.08. The lowest BCUT2D eigenvalue weighted by Crippen LogP contribution is -2.23. The van der Waals surface area contributed by atoms with Crippen molar-refractivity contribution in [3.05, 3.63) is 53.7 Å². The highest BCUT2D eigenvalue weighted by atomic mass is 32.2. The highest BCUT2D eigenvalue weighted by Gasteiger charge is 2.28. The first kappa shape index (κ1) is 19.7. The van der Waals surface area contributed by atoms with Crippen LogP contribution >= 0.6 is 0 Å². The number of halogens is 3. The summed E-state index contributed by atoms with van der Waals surface area (Å²) in [5, 5.41) is 4.06. The molecule has 1 aliphatic heterocycles. The van der Waals surface area contributed by atoms with Crippen molar-refractivity contribution in [1.29, 1.82) is 0 Å². The van der Waals surface area contributed by atoms with E-state index in [0.29, 0.717) is 28.6 Å². The second-order valence-corrected chi connectivity index (χ2v) is 8.87. The van der Waals surface area contributed by atoms with Crippen molar-refractivity contribution in [1.82, 2.24) is 18.7 Å². The molecule has 0 unspecified atom stereocenters. The topological polar surface area (TPSA) is 60.1 Å². The first-order chi connectivity index (χ1) is 13.7. The molecule has 6 nitrogen and oxygen atoms in total. The minimum atomic E-state index is -4.21. The quantitative estimate of drug-likeness (QED) is 0.642. The SMILES string of the molecule is Cc1nn(C(F)F)cc1S(=O)(=O)n1cc(C2=CCN(C)CC2)c2cc(F)ccc21. The summed E-state index contributed by atoms with van der Waals surface area (Å²) in [4.78, 5) is 1.80. The Hall–Kier alpha value is -2.59. The third-order valence-electron chi connectivity index (χ3n) is 5.10. The fourth-order valence-electron chi connectivity index (χ4n) is 3.57. The van der Waals surface area contributed by atoms with E-state index in [1.807, 2.05) is 13.1 Å². The lowest BCUT2D eigenvalue weighted by atomic mass is 9.99. The van der Waals surface area contributed by atoms with Crippen LogP contribution in [0.3, 0.4) is 0 Å². The van der Waals surface area contributed by atoms with Crippen molar-refractivity contribution in [3.8, 4) is 0 Å². The molecule has 0 amide bonds. The molecule has 154 valence electrons. The van der Waals surface area contributed by atoms with Crippen molar-refractivity contribution in [3.63, 3.8) is 0 Å². The molecular formula is C19H19F3N4O2S. The van der Waals surface area contributed by atoms with Gasteiger partial charge in [0.05, 0.1) is 17.4 Å². The zero-order chi connectivity index (χ0) is 20.9. The number of hydrogen-bond acceptors (Lipinski definition) is 4. The van der Waals surface area contributed by atoms with E-state index in [0.717, 1.165) is 22.3 Å². The molecule has 3 aromatic rings. The summed E-state index contributed by atoms with van der Waals surface area (Å²) in [6.45, 7) is -0.101. The molecule has 1 aliphatic rings. The summed E-state index contributed by atoms with van der Waals surface area (Å²) in [5.74, 6) is -0.482. The molecule has 0 saturated heterocycles. The molecular weight excluding hydrogens is 405 g/mol. The Morgan fingerprint density at radius 1 is 1.21 bits per heavy atom. The van der Waals surface area contributed by atoms with Crippen molar-refractivity contribution < 1.29 is 21.6 Å². The lowest BCUT2D eigenvalue weighted by molar-refractivity contribution is 0.0561. The van der Waals surface area contributed by atoms with Gasteiger partial charge in [-0.2, -0.15) is 13.9 Å². The summed E-state index contributed by atoms with van der Waals surface area (Å²) in [5.41, 5.74) is 1.79. The van der Waals surface area contributed by atoms with Crippen molar-refractivity contribution in [2.45, 2.75) is 24.8 Å². The number of rotatable bonds is 4. The van der Waals surface area contributed by atoms with Crippen LogP contribution in [-0.2, 0) is 10.0 Å². The van der Waals surface area contributed by atoms with Gasteiger partial charge in [-0.1, -0.05) is 6.08 Å². The molecule has 1 aromatic carbocycles. The molecule has 0 aliphatic carbocycles. The number of nitrogens with zero attached hydrogens (tertiary/aromatic N) is 4. The first-order valence-corrected chi connectivity index (χ1v) is 10.4. The van der Waals surface area contributed by atoms with Gasteiger partial charge in [-0.25, -0.2) is 21.5 Å². The monoisotopic (exact) mass is 424 g/mol. The Morgan fingerprint density at radius 2 is 1.97 bits per heavy atom. The summed E-state index contributed by atoms with van der Waals surface area (Å²) >= 11 is 0. The molecule has 3 heterocycles. The van der Waals surface area contributed by atoms with E-state index in [9.17, 15) is 21.6 Å². The maximum atomic E-state index is 13.9. The van der Waals surface area contributed by atoms with Crippen LogP contribution in [0.5, 0.6) is 0 Å². The molecule has 0 bridgehead atoms. The Morgan fingerprint density at radius 3 is 2.59 bits per heavy atom. The standard InChI is InChI=1S/C19H19F3N4O2S/c1-12-18(11-25(23-12)19(21)22)29(27,28)26-10-16(13-5-7-24(2)8-6-13)15-9-14(20)3-4-17(15)26/h3-5,9-11,19H,6-8H2,1-2H3. The van der Waals surface area contributed by atoms with Gasteiger partial charge >= 0.3 is 6.55 Å². The maximum absolute atomic E-state index is 13.9. The van der Waals surface area contributed by atoms with E-state index in [-0.39, 0.29) is 16.1 Å². The maximum Gasteiger partial charge on any atom is 0.333 e. The predicted molar refractivity (Wildman–Crippen MR) is 103 cm³/mol. The number of alkyl halides is 2. The Kier molecular flexibility index (Phi) is 4.78. The van der Waals surface area contributed by atoms with Gasteiger partial charge in [-0.05, 0) is 44.2 Å². The van der Waals surface area contributed by atoms with Crippen LogP contribution in [0, 0.1) is 12.7 Å². The van der Waals surface area contributed by atoms with Gasteiger partial charge < -0.3 is 4.90 Å². The normalized spacial score (nSPS) is 16.0. The first-order valence-electron chi connectivity index (χ1n) is 8.96. The fourth-order valence-corrected chi connectivity index (χ4v) is 5.10. The van der Waals surface area contributed by atoms with Gasteiger partial charge in [0.25, 0.3) is 10.0 Å². The lowest BCUT2D eigenvalue weighted by Gasteiger charge is -2.21. The highest BCUT2D eigenvalue weighted by Crippen LogP contribution is 2.34. The predicted octanol–water partition coefficient (Wildman–Crippen LogP) is 3.64. The van der Waals surface area contributed by atoms with Crippen molar-refractivity contribution in [2.75, 3.05) is 20.1 Å². The molecule has 10 heteroatoms. The van der Waals surface area contributed by atoms with Gasteiger partial charge in [-0.15, -0.1) is 0 Å². The minimum absolute atomic E-state index is 0.0330. The van der Waals surface area contributed by atoms with Gasteiger partial charge in [0.1, 0.15) is 10.7 Å². The van der Waals surface area contributed by atoms with Gasteiger partial charge in [0.15, 0.2) is 0 Å². The molecule has 0 N–H and O–H groups in total. The van der Waals surface area contributed by atoms with E-state index in [1.54, 1.807) is 0 Å². The molecule has 2 aromatic heterocycles. The highest BCUT2D eigenvalue weighted by molar-refractivity contribution is 7.90. The van der Waals surface area contributed by atoms with E-state index in [4.69, 9.17) is 0 Å². The van der Waals surface area contributed by atoms with Crippen LogP contribution in [0.2, 0.25) is 0 Å². The Bertz CT molecular complexity index is 1230. The molecule has 0 saturated carbocycles. The third kappa shape index (κ3) is 3.36. The van der Waals surface area contributed by atoms with Crippen LogP contribution in [0.1, 0.15) is 24.2 Å². The molecule has 0 atom stereocenters. The average molecular weight is 424 g/mol. The Balaban J connectivity index is 1.93. The fraction of sp³-hybridized carbons (Fsp3) is 0.316. The molecule has 4 rings (SSSR count). The third-order valence-corrected chi connectivity index (χ3v) is 6.88. The molecule has 0 radical (unpaired) electrons. The summed E-state index contributed by atoms with van der Waals surface area (Å²) < 4.78 is 67.8. The number of aryl methyl sites for hydroxylation is 1.